The number of aryl methyl sites for hydroxylation is 1. The number of nitrogen functional groups attached to an aromatic ring is 1. The molecule has 1 aromatic carbocycles. The van der Waals surface area contributed by atoms with Crippen molar-refractivity contribution in [3.8, 4) is 0 Å². The van der Waals surface area contributed by atoms with Crippen LogP contribution in [-0.4, -0.2) is 14.5 Å². The van der Waals surface area contributed by atoms with Crippen LogP contribution < -0.4 is 10.5 Å². The van der Waals surface area contributed by atoms with Crippen LogP contribution in [0.1, 0.15) is 31.4 Å². The van der Waals surface area contributed by atoms with E-state index in [0.717, 1.165) is 6.07 Å². The zero-order valence-electron chi connectivity index (χ0n) is 11.0. The number of hydrogen-bond acceptors (Lipinski definition) is 3. The van der Waals surface area contributed by atoms with Crippen molar-refractivity contribution in [1.82, 2.24) is 4.72 Å². The molecule has 4 nitrogen and oxygen atoms in total. The van der Waals surface area contributed by atoms with Gasteiger partial charge in [0.15, 0.2) is 0 Å². The zero-order valence-corrected chi connectivity index (χ0v) is 11.9. The fourth-order valence-electron chi connectivity index (χ4n) is 1.75. The predicted molar refractivity (Wildman–Crippen MR) is 70.4 cm³/mol. The number of nitrogens with two attached hydrogens (primary N) is 1. The second-order valence-corrected chi connectivity index (χ2v) is 6.12. The highest BCUT2D eigenvalue weighted by molar-refractivity contribution is 7.89. The van der Waals surface area contributed by atoms with Crippen molar-refractivity contribution in [2.45, 2.75) is 45.1 Å². The van der Waals surface area contributed by atoms with Crippen molar-refractivity contribution >= 4 is 15.7 Å². The van der Waals surface area contributed by atoms with Crippen LogP contribution in [0.15, 0.2) is 11.0 Å². The van der Waals surface area contributed by atoms with Crippen LogP contribution in [0.4, 0.5) is 10.1 Å². The standard InChI is InChI=1S/C12H19FN2O2S/c1-5-8(3)15-18(16,17)12-7(2)6-10(13)11(14)9(12)4/h6,8,15H,5,14H2,1-4H3. The van der Waals surface area contributed by atoms with Gasteiger partial charge in [-0.15, -0.1) is 0 Å². The molecule has 0 aliphatic rings. The van der Waals surface area contributed by atoms with Crippen LogP contribution >= 0.6 is 0 Å². The van der Waals surface area contributed by atoms with E-state index in [-0.39, 0.29) is 22.2 Å². The molecule has 0 spiro atoms. The normalized spacial score (nSPS) is 13.6. The van der Waals surface area contributed by atoms with Gasteiger partial charge in [0.25, 0.3) is 0 Å². The first kappa shape index (κ1) is 14.9. The molecule has 1 atom stereocenters. The third-order valence-corrected chi connectivity index (χ3v) is 4.82. The van der Waals surface area contributed by atoms with Crippen LogP contribution in [0.25, 0.3) is 0 Å². The Morgan fingerprint density at radius 2 is 2.00 bits per heavy atom. The summed E-state index contributed by atoms with van der Waals surface area (Å²) < 4.78 is 40.4. The van der Waals surface area contributed by atoms with Gasteiger partial charge in [0.05, 0.1) is 10.6 Å². The molecule has 0 aromatic heterocycles. The smallest absolute Gasteiger partial charge is 0.241 e. The summed E-state index contributed by atoms with van der Waals surface area (Å²) in [6.07, 6.45) is 0.675. The maximum Gasteiger partial charge on any atom is 0.241 e. The van der Waals surface area contributed by atoms with Gasteiger partial charge in [-0.3, -0.25) is 0 Å². The van der Waals surface area contributed by atoms with Crippen molar-refractivity contribution in [2.24, 2.45) is 0 Å². The molecule has 1 aromatic rings. The van der Waals surface area contributed by atoms with Crippen molar-refractivity contribution in [1.29, 1.82) is 0 Å². The van der Waals surface area contributed by atoms with Gasteiger partial charge in [0.2, 0.25) is 10.0 Å². The topological polar surface area (TPSA) is 72.2 Å². The van der Waals surface area contributed by atoms with E-state index in [9.17, 15) is 12.8 Å². The van der Waals surface area contributed by atoms with Gasteiger partial charge in [0, 0.05) is 6.04 Å². The molecule has 0 bridgehead atoms. The minimum Gasteiger partial charge on any atom is -0.396 e. The first-order valence-electron chi connectivity index (χ1n) is 5.78. The van der Waals surface area contributed by atoms with E-state index in [0.29, 0.717) is 12.0 Å². The van der Waals surface area contributed by atoms with Crippen LogP contribution in [0.3, 0.4) is 0 Å². The van der Waals surface area contributed by atoms with E-state index in [1.807, 2.05) is 6.92 Å². The first-order chi connectivity index (χ1) is 8.20. The lowest BCUT2D eigenvalue weighted by molar-refractivity contribution is 0.554. The molecule has 18 heavy (non-hydrogen) atoms. The monoisotopic (exact) mass is 274 g/mol. The lowest BCUT2D eigenvalue weighted by Gasteiger charge is -2.17. The Morgan fingerprint density at radius 3 is 2.50 bits per heavy atom. The van der Waals surface area contributed by atoms with Gasteiger partial charge < -0.3 is 5.73 Å². The number of sulfonamides is 1. The number of nitrogens with one attached hydrogen (secondary N) is 1. The lowest BCUT2D eigenvalue weighted by Crippen LogP contribution is -2.33. The molecule has 0 aliphatic heterocycles. The van der Waals surface area contributed by atoms with Crippen molar-refractivity contribution < 1.29 is 12.8 Å². The molecular weight excluding hydrogens is 255 g/mol. The minimum absolute atomic E-state index is 0.0710. The largest absolute Gasteiger partial charge is 0.396 e. The van der Waals surface area contributed by atoms with Gasteiger partial charge in [-0.2, -0.15) is 0 Å². The van der Waals surface area contributed by atoms with Crippen molar-refractivity contribution in [3.63, 3.8) is 0 Å². The Balaban J connectivity index is 3.38. The van der Waals surface area contributed by atoms with Crippen LogP contribution in [-0.2, 0) is 10.0 Å². The van der Waals surface area contributed by atoms with Gasteiger partial charge in [-0.05, 0) is 44.4 Å². The molecule has 0 saturated heterocycles. The summed E-state index contributed by atoms with van der Waals surface area (Å²) in [6.45, 7) is 6.72. The summed E-state index contributed by atoms with van der Waals surface area (Å²) in [5.74, 6) is -0.590. The summed E-state index contributed by atoms with van der Waals surface area (Å²) >= 11 is 0. The van der Waals surface area contributed by atoms with Gasteiger partial charge in [-0.1, -0.05) is 6.92 Å². The van der Waals surface area contributed by atoms with E-state index in [2.05, 4.69) is 4.72 Å². The Morgan fingerprint density at radius 1 is 1.44 bits per heavy atom. The second-order valence-electron chi connectivity index (χ2n) is 4.47. The Hall–Kier alpha value is -1.14. The molecule has 0 aliphatic carbocycles. The van der Waals surface area contributed by atoms with Crippen LogP contribution in [0, 0.1) is 19.7 Å². The van der Waals surface area contributed by atoms with E-state index >= 15 is 0 Å². The van der Waals surface area contributed by atoms with Crippen LogP contribution in [0.2, 0.25) is 0 Å². The Labute approximate surface area is 107 Å². The average molecular weight is 274 g/mol. The van der Waals surface area contributed by atoms with Crippen molar-refractivity contribution in [2.75, 3.05) is 5.73 Å². The van der Waals surface area contributed by atoms with Crippen LogP contribution in [0.5, 0.6) is 0 Å². The number of benzene rings is 1. The first-order valence-corrected chi connectivity index (χ1v) is 7.26. The molecule has 0 radical (unpaired) electrons. The average Bonchev–Trinajstić information content (AvgIpc) is 2.24. The van der Waals surface area contributed by atoms with E-state index in [1.165, 1.54) is 6.92 Å². The van der Waals surface area contributed by atoms with E-state index < -0.39 is 15.8 Å². The summed E-state index contributed by atoms with van der Waals surface area (Å²) in [7, 11) is -3.67. The molecular formula is C12H19FN2O2S. The highest BCUT2D eigenvalue weighted by Crippen LogP contribution is 2.27. The molecule has 0 saturated carbocycles. The lowest BCUT2D eigenvalue weighted by atomic mass is 10.1. The highest BCUT2D eigenvalue weighted by atomic mass is 32.2. The zero-order chi connectivity index (χ0) is 14.1. The third-order valence-electron chi connectivity index (χ3n) is 2.94. The predicted octanol–water partition coefficient (Wildman–Crippen LogP) is 2.10. The fourth-order valence-corrected chi connectivity index (χ4v) is 3.56. The molecule has 1 unspecified atom stereocenters. The Kier molecular flexibility index (Phi) is 4.34. The third kappa shape index (κ3) is 2.81. The van der Waals surface area contributed by atoms with Gasteiger partial charge >= 0.3 is 0 Å². The summed E-state index contributed by atoms with van der Waals surface area (Å²) in [4.78, 5) is 0.0710. The quantitative estimate of drug-likeness (QED) is 0.826. The number of hydrogen-bond donors (Lipinski definition) is 2. The van der Waals surface area contributed by atoms with Gasteiger partial charge in [0.1, 0.15) is 5.82 Å². The molecule has 0 amide bonds. The number of halogens is 1. The summed E-state index contributed by atoms with van der Waals surface area (Å²) in [5, 5.41) is 0. The molecule has 3 N–H and O–H groups in total. The van der Waals surface area contributed by atoms with Gasteiger partial charge in [-0.25, -0.2) is 17.5 Å². The maximum atomic E-state index is 13.4. The SMILES string of the molecule is CCC(C)NS(=O)(=O)c1c(C)cc(F)c(N)c1C. The molecule has 6 heteroatoms. The minimum atomic E-state index is -3.67. The molecule has 0 fully saturated rings. The Bertz CT molecular complexity index is 556. The number of rotatable bonds is 4. The molecule has 102 valence electrons. The summed E-state index contributed by atoms with van der Waals surface area (Å²) in [5.41, 5.74) is 6.03. The second kappa shape index (κ2) is 5.24. The van der Waals surface area contributed by atoms with Crippen molar-refractivity contribution in [3.05, 3.63) is 23.0 Å². The highest BCUT2D eigenvalue weighted by Gasteiger charge is 2.23. The molecule has 1 rings (SSSR count). The number of anilines is 1. The maximum absolute atomic E-state index is 13.4. The van der Waals surface area contributed by atoms with E-state index in [4.69, 9.17) is 5.73 Å². The molecule has 0 heterocycles. The van der Waals surface area contributed by atoms with E-state index in [1.54, 1.807) is 13.8 Å². The summed E-state index contributed by atoms with van der Waals surface area (Å²) in [6, 6.07) is 0.966. The fraction of sp³-hybridized carbons (Fsp3) is 0.500.